The lowest BCUT2D eigenvalue weighted by Gasteiger charge is -2.30. The van der Waals surface area contributed by atoms with E-state index in [1.165, 1.54) is 17.7 Å². The largest absolute Gasteiger partial charge is 0.493 e. The molecule has 2 aliphatic rings. The van der Waals surface area contributed by atoms with E-state index in [1.54, 1.807) is 6.07 Å². The van der Waals surface area contributed by atoms with Crippen molar-refractivity contribution in [1.29, 1.82) is 0 Å². The molecular weight excluding hydrogens is 411 g/mol. The lowest BCUT2D eigenvalue weighted by Crippen LogP contribution is -2.30. The van der Waals surface area contributed by atoms with Crippen molar-refractivity contribution < 1.29 is 28.2 Å². The summed E-state index contributed by atoms with van der Waals surface area (Å²) in [5.41, 5.74) is 1.16. The van der Waals surface area contributed by atoms with Crippen LogP contribution in [-0.2, 0) is 14.3 Å². The minimum atomic E-state index is -0.645. The summed E-state index contributed by atoms with van der Waals surface area (Å²) < 4.78 is 30.9. The van der Waals surface area contributed by atoms with Crippen LogP contribution in [0.4, 0.5) is 4.39 Å². The maximum absolute atomic E-state index is 14.3. The Balaban J connectivity index is 1.38. The fourth-order valence-electron chi connectivity index (χ4n) is 4.29. The van der Waals surface area contributed by atoms with Crippen LogP contribution in [0, 0.1) is 17.7 Å². The zero-order valence-electron chi connectivity index (χ0n) is 19.1. The zero-order valence-corrected chi connectivity index (χ0v) is 19.1. The van der Waals surface area contributed by atoms with Crippen LogP contribution in [0.25, 0.3) is 0 Å². The Hall–Kier alpha value is -2.37. The molecule has 0 bridgehead atoms. The number of carbonyl (C=O) groups is 2. The van der Waals surface area contributed by atoms with Gasteiger partial charge in [-0.1, -0.05) is 25.5 Å². The summed E-state index contributed by atoms with van der Waals surface area (Å²) >= 11 is 0. The number of benzene rings is 1. The van der Waals surface area contributed by atoms with Crippen molar-refractivity contribution in [2.75, 3.05) is 13.2 Å². The third kappa shape index (κ3) is 7.07. The Kier molecular flexibility index (Phi) is 9.12. The highest BCUT2D eigenvalue weighted by atomic mass is 19.1. The highest BCUT2D eigenvalue weighted by Crippen LogP contribution is 2.31. The molecule has 1 aromatic carbocycles. The molecule has 0 radical (unpaired) electrons. The fourth-order valence-corrected chi connectivity index (χ4v) is 4.29. The first-order valence-corrected chi connectivity index (χ1v) is 11.9. The summed E-state index contributed by atoms with van der Waals surface area (Å²) in [7, 11) is 0. The molecule has 6 heteroatoms. The first-order valence-electron chi connectivity index (χ1n) is 11.9. The van der Waals surface area contributed by atoms with E-state index < -0.39 is 11.8 Å². The average Bonchev–Trinajstić information content (AvgIpc) is 2.79. The van der Waals surface area contributed by atoms with Crippen molar-refractivity contribution in [3.8, 4) is 5.75 Å². The number of esters is 2. The van der Waals surface area contributed by atoms with E-state index in [0.717, 1.165) is 64.2 Å². The van der Waals surface area contributed by atoms with Gasteiger partial charge < -0.3 is 14.2 Å². The van der Waals surface area contributed by atoms with Crippen molar-refractivity contribution in [2.45, 2.75) is 77.2 Å². The Morgan fingerprint density at radius 2 is 1.81 bits per heavy atom. The molecule has 0 unspecified atom stereocenters. The van der Waals surface area contributed by atoms with Gasteiger partial charge in [0, 0.05) is 6.07 Å². The molecule has 2 saturated carbocycles. The van der Waals surface area contributed by atoms with Gasteiger partial charge in [-0.05, 0) is 75.8 Å². The maximum atomic E-state index is 14.3. The van der Waals surface area contributed by atoms with E-state index in [9.17, 15) is 14.0 Å². The fraction of sp³-hybridized carbons (Fsp3) is 0.615. The molecule has 0 atom stereocenters. The molecular formula is C26H35FO5. The Morgan fingerprint density at radius 1 is 1.09 bits per heavy atom. The molecule has 2 aliphatic carbocycles. The van der Waals surface area contributed by atoms with Crippen molar-refractivity contribution in [2.24, 2.45) is 11.8 Å². The van der Waals surface area contributed by atoms with Crippen LogP contribution in [0.2, 0.25) is 0 Å². The Bertz CT molecular complexity index is 787. The van der Waals surface area contributed by atoms with Gasteiger partial charge in [0.2, 0.25) is 0 Å². The van der Waals surface area contributed by atoms with Gasteiger partial charge in [0.15, 0.2) is 0 Å². The van der Waals surface area contributed by atoms with Crippen LogP contribution in [0.5, 0.6) is 5.75 Å². The van der Waals surface area contributed by atoms with Gasteiger partial charge in [-0.2, -0.15) is 0 Å². The van der Waals surface area contributed by atoms with Crippen molar-refractivity contribution in [3.05, 3.63) is 41.7 Å². The third-order valence-corrected chi connectivity index (χ3v) is 6.48. The molecule has 0 aliphatic heterocycles. The standard InChI is InChI=1S/C26H35FO5/c1-3-4-15-30-26(29)23-14-13-22(16-24(23)27)31-17-19-7-11-21(12-8-19)32-25(28)20-9-5-18(2)6-10-20/h13-14,16,19-21H,2-12,15,17H2,1H3. The quantitative estimate of drug-likeness (QED) is 0.264. The van der Waals surface area contributed by atoms with Gasteiger partial charge in [-0.15, -0.1) is 0 Å². The summed E-state index contributed by atoms with van der Waals surface area (Å²) in [6.07, 6.45) is 8.67. The topological polar surface area (TPSA) is 61.8 Å². The number of unbranched alkanes of at least 4 members (excludes halogenated alkanes) is 1. The molecule has 3 rings (SSSR count). The summed E-state index contributed by atoms with van der Waals surface area (Å²) in [4.78, 5) is 24.3. The molecule has 5 nitrogen and oxygen atoms in total. The monoisotopic (exact) mass is 446 g/mol. The predicted octanol–water partition coefficient (Wildman–Crippen LogP) is 6.01. The van der Waals surface area contributed by atoms with Crippen molar-refractivity contribution in [3.63, 3.8) is 0 Å². The lowest BCUT2D eigenvalue weighted by atomic mass is 9.86. The number of hydrogen-bond acceptors (Lipinski definition) is 5. The zero-order chi connectivity index (χ0) is 22.9. The van der Waals surface area contributed by atoms with Crippen LogP contribution in [-0.4, -0.2) is 31.3 Å². The maximum Gasteiger partial charge on any atom is 0.341 e. The normalized spacial score (nSPS) is 21.8. The number of hydrogen-bond donors (Lipinski definition) is 0. The Morgan fingerprint density at radius 3 is 2.47 bits per heavy atom. The van der Waals surface area contributed by atoms with Gasteiger partial charge >= 0.3 is 11.9 Å². The molecule has 0 amide bonds. The lowest BCUT2D eigenvalue weighted by molar-refractivity contribution is -0.156. The first-order chi connectivity index (χ1) is 15.5. The SMILES string of the molecule is C=C1CCC(C(=O)OC2CCC(COc3ccc(C(=O)OCCCC)c(F)c3)CC2)CC1. The molecule has 0 saturated heterocycles. The minimum absolute atomic E-state index is 0.0145. The van der Waals surface area contributed by atoms with E-state index in [2.05, 4.69) is 6.58 Å². The van der Waals surface area contributed by atoms with Crippen molar-refractivity contribution >= 4 is 11.9 Å². The summed E-state index contributed by atoms with van der Waals surface area (Å²) in [5, 5.41) is 0. The molecule has 32 heavy (non-hydrogen) atoms. The van der Waals surface area contributed by atoms with Crippen LogP contribution >= 0.6 is 0 Å². The molecule has 2 fully saturated rings. The van der Waals surface area contributed by atoms with E-state index >= 15 is 0 Å². The van der Waals surface area contributed by atoms with Gasteiger partial charge in [-0.25, -0.2) is 9.18 Å². The van der Waals surface area contributed by atoms with E-state index in [1.807, 2.05) is 6.92 Å². The average molecular weight is 447 g/mol. The highest BCUT2D eigenvalue weighted by Gasteiger charge is 2.29. The predicted molar refractivity (Wildman–Crippen MR) is 120 cm³/mol. The molecule has 0 spiro atoms. The van der Waals surface area contributed by atoms with E-state index in [-0.39, 0.29) is 23.6 Å². The van der Waals surface area contributed by atoms with Crippen molar-refractivity contribution in [1.82, 2.24) is 0 Å². The second-order valence-corrected chi connectivity index (χ2v) is 9.05. The van der Waals surface area contributed by atoms with Gasteiger partial charge in [0.25, 0.3) is 0 Å². The second-order valence-electron chi connectivity index (χ2n) is 9.05. The number of rotatable bonds is 9. The number of allylic oxidation sites excluding steroid dienone is 1. The molecule has 0 heterocycles. The number of halogens is 1. The van der Waals surface area contributed by atoms with E-state index in [0.29, 0.717) is 24.9 Å². The number of carbonyl (C=O) groups excluding carboxylic acids is 2. The summed E-state index contributed by atoms with van der Waals surface area (Å²) in [6.45, 7) is 6.76. The molecule has 0 N–H and O–H groups in total. The highest BCUT2D eigenvalue weighted by molar-refractivity contribution is 5.89. The third-order valence-electron chi connectivity index (χ3n) is 6.48. The summed E-state index contributed by atoms with van der Waals surface area (Å²) in [6, 6.07) is 4.25. The molecule has 0 aromatic heterocycles. The Labute approximate surface area is 190 Å². The van der Waals surface area contributed by atoms with Gasteiger partial charge in [0.05, 0.1) is 24.7 Å². The first kappa shape index (κ1) is 24.3. The van der Waals surface area contributed by atoms with Crippen LogP contribution in [0.15, 0.2) is 30.4 Å². The van der Waals surface area contributed by atoms with Crippen LogP contribution in [0.1, 0.15) is 81.5 Å². The minimum Gasteiger partial charge on any atom is -0.493 e. The second kappa shape index (κ2) is 12.0. The van der Waals surface area contributed by atoms with Crippen LogP contribution < -0.4 is 4.74 Å². The van der Waals surface area contributed by atoms with Gasteiger partial charge in [0.1, 0.15) is 17.7 Å². The van der Waals surface area contributed by atoms with Gasteiger partial charge in [-0.3, -0.25) is 4.79 Å². The molecule has 176 valence electrons. The van der Waals surface area contributed by atoms with Crippen LogP contribution in [0.3, 0.4) is 0 Å². The number of ether oxygens (including phenoxy) is 3. The summed E-state index contributed by atoms with van der Waals surface area (Å²) in [5.74, 6) is -0.575. The molecule has 1 aromatic rings. The van der Waals surface area contributed by atoms with E-state index in [4.69, 9.17) is 14.2 Å². The smallest absolute Gasteiger partial charge is 0.341 e.